The highest BCUT2D eigenvalue weighted by atomic mass is 16.7. The van der Waals surface area contributed by atoms with Gasteiger partial charge in [-0.1, -0.05) is 0 Å². The van der Waals surface area contributed by atoms with Crippen LogP contribution in [0.4, 0.5) is 5.82 Å². The molecule has 0 unspecified atom stereocenters. The Bertz CT molecular complexity index is 902. The van der Waals surface area contributed by atoms with Crippen molar-refractivity contribution in [2.24, 2.45) is 5.10 Å². The van der Waals surface area contributed by atoms with E-state index in [1.165, 1.54) is 6.21 Å². The monoisotopic (exact) mass is 332 g/mol. The van der Waals surface area contributed by atoms with Gasteiger partial charge in [-0.3, -0.25) is 14.6 Å². The largest absolute Gasteiger partial charge is 0.454 e. The third-order valence-corrected chi connectivity index (χ3v) is 2.93. The van der Waals surface area contributed by atoms with Gasteiger partial charge in [0.15, 0.2) is 11.5 Å². The van der Waals surface area contributed by atoms with Gasteiger partial charge in [0.2, 0.25) is 12.6 Å². The van der Waals surface area contributed by atoms with E-state index in [0.29, 0.717) is 17.1 Å². The van der Waals surface area contributed by atoms with Gasteiger partial charge >= 0.3 is 5.69 Å². The summed E-state index contributed by atoms with van der Waals surface area (Å²) in [7, 11) is 0. The van der Waals surface area contributed by atoms with Crippen LogP contribution in [-0.4, -0.2) is 40.6 Å². The highest BCUT2D eigenvalue weighted by molar-refractivity contribution is 5.84. The molecule has 0 saturated carbocycles. The lowest BCUT2D eigenvalue weighted by molar-refractivity contribution is -0.119. The Hall–Kier alpha value is -3.63. The van der Waals surface area contributed by atoms with Crippen LogP contribution in [0.3, 0.4) is 0 Å². The zero-order valence-corrected chi connectivity index (χ0v) is 12.2. The van der Waals surface area contributed by atoms with E-state index in [2.05, 4.69) is 20.9 Å². The molecule has 0 atom stereocenters. The number of hydrogen-bond donors (Lipinski definition) is 4. The first-order chi connectivity index (χ1) is 11.6. The van der Waals surface area contributed by atoms with Crippen molar-refractivity contribution in [3.05, 3.63) is 44.6 Å². The minimum atomic E-state index is -0.733. The number of rotatable bonds is 5. The zero-order valence-electron chi connectivity index (χ0n) is 12.2. The highest BCUT2D eigenvalue weighted by Gasteiger charge is 2.12. The van der Waals surface area contributed by atoms with Crippen LogP contribution in [0.2, 0.25) is 0 Å². The van der Waals surface area contributed by atoms with Crippen molar-refractivity contribution in [1.82, 2.24) is 20.6 Å². The topological polar surface area (TPSA) is 151 Å². The van der Waals surface area contributed by atoms with Crippen LogP contribution in [0.15, 0.2) is 32.9 Å². The molecule has 0 bridgehead atoms. The number of carbonyl (C=O) groups excluding carboxylic acids is 1. The molecular weight excluding hydrogens is 320 g/mol. The number of H-pyrrole nitrogens is 2. The van der Waals surface area contributed by atoms with Crippen molar-refractivity contribution in [3.8, 4) is 11.5 Å². The van der Waals surface area contributed by atoms with E-state index in [1.807, 2.05) is 10.1 Å². The molecule has 24 heavy (non-hydrogen) atoms. The summed E-state index contributed by atoms with van der Waals surface area (Å²) in [6.45, 7) is -0.0726. The van der Waals surface area contributed by atoms with Gasteiger partial charge < -0.3 is 14.8 Å². The highest BCUT2D eigenvalue weighted by Crippen LogP contribution is 2.31. The number of amides is 1. The molecule has 1 aromatic heterocycles. The van der Waals surface area contributed by atoms with Gasteiger partial charge in [-0.2, -0.15) is 5.10 Å². The Morgan fingerprint density at radius 2 is 2.17 bits per heavy atom. The van der Waals surface area contributed by atoms with Crippen LogP contribution in [0.5, 0.6) is 11.5 Å². The molecule has 1 aliphatic heterocycles. The number of ether oxygens (including phenoxy) is 2. The molecule has 11 heteroatoms. The molecule has 0 radical (unpaired) electrons. The first kappa shape index (κ1) is 15.3. The van der Waals surface area contributed by atoms with Crippen molar-refractivity contribution in [2.45, 2.75) is 0 Å². The van der Waals surface area contributed by atoms with Gasteiger partial charge in [-0.15, -0.1) is 5.10 Å². The summed E-state index contributed by atoms with van der Waals surface area (Å²) in [4.78, 5) is 35.8. The number of nitrogens with zero attached hydrogens (tertiary/aromatic N) is 2. The Labute approximate surface area is 133 Å². The number of aromatic nitrogens is 3. The predicted molar refractivity (Wildman–Crippen MR) is 82.3 cm³/mol. The first-order valence-corrected chi connectivity index (χ1v) is 6.76. The lowest BCUT2D eigenvalue weighted by atomic mass is 10.2. The van der Waals surface area contributed by atoms with Crippen LogP contribution >= 0.6 is 0 Å². The number of hydrazone groups is 1. The van der Waals surface area contributed by atoms with Crippen molar-refractivity contribution < 1.29 is 14.3 Å². The van der Waals surface area contributed by atoms with E-state index in [9.17, 15) is 14.4 Å². The number of carbonyl (C=O) groups is 1. The van der Waals surface area contributed by atoms with Gasteiger partial charge in [0.25, 0.3) is 11.5 Å². The summed E-state index contributed by atoms with van der Waals surface area (Å²) in [6.07, 6.45) is 1.44. The predicted octanol–water partition coefficient (Wildman–Crippen LogP) is -1.25. The molecule has 4 N–H and O–H groups in total. The van der Waals surface area contributed by atoms with E-state index in [4.69, 9.17) is 9.47 Å². The van der Waals surface area contributed by atoms with E-state index in [-0.39, 0.29) is 19.2 Å². The normalized spacial score (nSPS) is 12.3. The van der Waals surface area contributed by atoms with E-state index in [0.717, 1.165) is 0 Å². The Balaban J connectivity index is 1.52. The zero-order chi connectivity index (χ0) is 16.9. The number of nitrogens with one attached hydrogen (secondary N) is 4. The lowest BCUT2D eigenvalue weighted by Crippen LogP contribution is -2.31. The third-order valence-electron chi connectivity index (χ3n) is 2.93. The van der Waals surface area contributed by atoms with Crippen LogP contribution in [0.1, 0.15) is 5.56 Å². The lowest BCUT2D eigenvalue weighted by Gasteiger charge is -2.02. The smallest absolute Gasteiger partial charge is 0.342 e. The summed E-state index contributed by atoms with van der Waals surface area (Å²) in [6, 6.07) is 5.21. The van der Waals surface area contributed by atoms with Gasteiger partial charge in [0.1, 0.15) is 0 Å². The molecule has 0 fully saturated rings. The average Bonchev–Trinajstić information content (AvgIpc) is 3.02. The molecule has 0 aliphatic carbocycles. The number of anilines is 1. The minimum Gasteiger partial charge on any atom is -0.454 e. The maximum absolute atomic E-state index is 11.6. The number of fused-ring (bicyclic) bond motifs is 1. The number of aromatic amines is 2. The number of benzene rings is 1. The molecule has 2 heterocycles. The van der Waals surface area contributed by atoms with Crippen LogP contribution < -0.4 is 31.5 Å². The van der Waals surface area contributed by atoms with Gasteiger partial charge in [0.05, 0.1) is 12.8 Å². The summed E-state index contributed by atoms with van der Waals surface area (Å²) in [5.41, 5.74) is 1.54. The summed E-state index contributed by atoms with van der Waals surface area (Å²) < 4.78 is 10.4. The van der Waals surface area contributed by atoms with Crippen molar-refractivity contribution in [3.63, 3.8) is 0 Å². The SMILES string of the molecule is O=C(CNc1n[nH]c(=O)[nH]c1=O)NN=Cc1ccc2c(c1)OCO2. The Morgan fingerprint density at radius 1 is 1.33 bits per heavy atom. The summed E-state index contributed by atoms with van der Waals surface area (Å²) >= 11 is 0. The van der Waals surface area contributed by atoms with Gasteiger partial charge in [-0.05, 0) is 23.8 Å². The molecule has 1 aliphatic rings. The second-order valence-corrected chi connectivity index (χ2v) is 4.61. The molecule has 1 amide bonds. The second-order valence-electron chi connectivity index (χ2n) is 4.61. The molecule has 0 saturated heterocycles. The average molecular weight is 332 g/mol. The van der Waals surface area contributed by atoms with Crippen molar-refractivity contribution in [2.75, 3.05) is 18.7 Å². The molecule has 0 spiro atoms. The molecule has 124 valence electrons. The molecule has 11 nitrogen and oxygen atoms in total. The van der Waals surface area contributed by atoms with E-state index in [1.54, 1.807) is 18.2 Å². The Morgan fingerprint density at radius 3 is 3.00 bits per heavy atom. The molecular formula is C13H12N6O5. The van der Waals surface area contributed by atoms with Gasteiger partial charge in [-0.25, -0.2) is 15.3 Å². The number of hydrogen-bond acceptors (Lipinski definition) is 8. The minimum absolute atomic E-state index is 0.176. The maximum atomic E-state index is 11.6. The molecule has 1 aromatic carbocycles. The Kier molecular flexibility index (Phi) is 4.23. The third kappa shape index (κ3) is 3.58. The fourth-order valence-corrected chi connectivity index (χ4v) is 1.84. The quantitative estimate of drug-likeness (QED) is 0.394. The van der Waals surface area contributed by atoms with Crippen LogP contribution in [-0.2, 0) is 4.79 Å². The molecule has 3 rings (SSSR count). The summed E-state index contributed by atoms with van der Waals surface area (Å²) in [5.74, 6) is 0.582. The fourth-order valence-electron chi connectivity index (χ4n) is 1.84. The first-order valence-electron chi connectivity index (χ1n) is 6.76. The van der Waals surface area contributed by atoms with E-state index >= 15 is 0 Å². The summed E-state index contributed by atoms with van der Waals surface area (Å²) in [5, 5.41) is 11.8. The van der Waals surface area contributed by atoms with Crippen LogP contribution in [0, 0.1) is 0 Å². The van der Waals surface area contributed by atoms with Crippen LogP contribution in [0.25, 0.3) is 0 Å². The standard InChI is InChI=1S/C13H12N6O5/c20-10(5-14-11-12(21)16-13(22)19-18-11)17-15-4-7-1-2-8-9(3-7)24-6-23-8/h1-4H,5-6H2,(H,14,18)(H,17,20)(H2,16,19,21,22). The fraction of sp³-hybridized carbons (Fsp3) is 0.154. The maximum Gasteiger partial charge on any atom is 0.342 e. The van der Waals surface area contributed by atoms with Crippen molar-refractivity contribution in [1.29, 1.82) is 0 Å². The van der Waals surface area contributed by atoms with Crippen molar-refractivity contribution >= 4 is 17.9 Å². The second kappa shape index (κ2) is 6.64. The van der Waals surface area contributed by atoms with Gasteiger partial charge in [0, 0.05) is 0 Å². The van der Waals surface area contributed by atoms with E-state index < -0.39 is 17.2 Å². The molecule has 2 aromatic rings.